The normalized spacial score (nSPS) is 29.9. The van der Waals surface area contributed by atoms with E-state index in [1.807, 2.05) is 0 Å². The Labute approximate surface area is 189 Å². The Morgan fingerprint density at radius 2 is 0.889 bits per heavy atom. The van der Waals surface area contributed by atoms with Crippen LogP contribution >= 0.6 is 0 Å². The van der Waals surface area contributed by atoms with E-state index in [0.29, 0.717) is 0 Å². The number of hydrogen-bond donors (Lipinski definition) is 0. The summed E-state index contributed by atoms with van der Waals surface area (Å²) in [4.78, 5) is -0.956. The Kier molecular flexibility index (Phi) is 8.12. The van der Waals surface area contributed by atoms with Gasteiger partial charge in [0.05, 0.1) is 0 Å². The zero-order valence-corrected chi connectivity index (χ0v) is 17.0. The van der Waals surface area contributed by atoms with Gasteiger partial charge in [-0.15, -0.1) is 0 Å². The second kappa shape index (κ2) is 9.46. The van der Waals surface area contributed by atoms with Crippen molar-refractivity contribution in [3.05, 3.63) is 0 Å². The molecule has 36 heavy (non-hydrogen) atoms. The van der Waals surface area contributed by atoms with Crippen LogP contribution in [0, 0.1) is 0 Å². The van der Waals surface area contributed by atoms with Gasteiger partial charge in [-0.3, -0.25) is 4.90 Å². The lowest BCUT2D eigenvalue weighted by molar-refractivity contribution is -0.336. The Bertz CT molecular complexity index is 736. The zero-order valence-electron chi connectivity index (χ0n) is 17.0. The monoisotopic (exact) mass is 575 g/mol. The molecule has 3 nitrogen and oxygen atoms in total. The summed E-state index contributed by atoms with van der Waals surface area (Å²) in [5, 5.41) is 0. The minimum atomic E-state index is -6.30. The SMILES string of the molecule is FC(C(F)(F)F)C(F)(F)C1CCC(C(F)(F)C(N2CC(C(F)(F)F)OC(C(F)(F)F)C2)C(F)(F)F)O1. The van der Waals surface area contributed by atoms with E-state index in [2.05, 4.69) is 9.47 Å². The van der Waals surface area contributed by atoms with Crippen LogP contribution in [0.2, 0.25) is 0 Å². The van der Waals surface area contributed by atoms with Crippen molar-refractivity contribution in [2.45, 2.75) is 86.0 Å². The van der Waals surface area contributed by atoms with E-state index in [1.54, 1.807) is 0 Å². The molecule has 2 rings (SSSR count). The third-order valence-electron chi connectivity index (χ3n) is 5.40. The van der Waals surface area contributed by atoms with E-state index >= 15 is 0 Å². The van der Waals surface area contributed by atoms with Crippen molar-refractivity contribution < 1.29 is 84.1 Å². The summed E-state index contributed by atoms with van der Waals surface area (Å²) in [6, 6.07) is -4.50. The highest BCUT2D eigenvalue weighted by atomic mass is 19.4. The quantitative estimate of drug-likeness (QED) is 0.386. The van der Waals surface area contributed by atoms with Crippen LogP contribution in [0.5, 0.6) is 0 Å². The molecule has 214 valence electrons. The highest BCUT2D eigenvalue weighted by Gasteiger charge is 2.69. The number of ether oxygens (including phenoxy) is 2. The van der Waals surface area contributed by atoms with Gasteiger partial charge in [0, 0.05) is 13.1 Å². The van der Waals surface area contributed by atoms with Crippen molar-refractivity contribution in [3.8, 4) is 0 Å². The van der Waals surface area contributed by atoms with Crippen LogP contribution in [0.15, 0.2) is 0 Å². The van der Waals surface area contributed by atoms with Crippen molar-refractivity contribution in [1.29, 1.82) is 0 Å². The van der Waals surface area contributed by atoms with Crippen LogP contribution in [0.25, 0.3) is 0 Å². The molecule has 0 aromatic carbocycles. The molecule has 0 N–H and O–H groups in total. The van der Waals surface area contributed by atoms with E-state index < -0.39 is 104 Å². The van der Waals surface area contributed by atoms with Crippen LogP contribution in [0.4, 0.5) is 74.6 Å². The first kappa shape index (κ1) is 30.9. The molecule has 2 heterocycles. The molecule has 2 aliphatic heterocycles. The predicted molar refractivity (Wildman–Crippen MR) is 80.9 cm³/mol. The average molecular weight is 575 g/mol. The summed E-state index contributed by atoms with van der Waals surface area (Å²) in [5.41, 5.74) is 0. The van der Waals surface area contributed by atoms with Gasteiger partial charge in [-0.25, -0.2) is 22.0 Å². The molecule has 0 aromatic rings. The van der Waals surface area contributed by atoms with Crippen molar-refractivity contribution in [1.82, 2.24) is 4.90 Å². The third kappa shape index (κ3) is 6.39. The topological polar surface area (TPSA) is 21.7 Å². The van der Waals surface area contributed by atoms with Gasteiger partial charge in [-0.05, 0) is 12.8 Å². The minimum Gasteiger partial charge on any atom is -0.362 e. The van der Waals surface area contributed by atoms with Gasteiger partial charge in [-0.1, -0.05) is 0 Å². The summed E-state index contributed by atoms with van der Waals surface area (Å²) < 4.78 is 233. The van der Waals surface area contributed by atoms with E-state index in [-0.39, 0.29) is 0 Å². The van der Waals surface area contributed by atoms with Crippen LogP contribution in [0.1, 0.15) is 12.8 Å². The maximum atomic E-state index is 14.9. The molecular weight excluding hydrogens is 561 g/mol. The van der Waals surface area contributed by atoms with E-state index in [1.165, 1.54) is 0 Å². The number of hydrogen-bond acceptors (Lipinski definition) is 3. The molecule has 0 bridgehead atoms. The molecule has 20 heteroatoms. The van der Waals surface area contributed by atoms with Crippen LogP contribution in [0.3, 0.4) is 0 Å². The Morgan fingerprint density at radius 3 is 1.22 bits per heavy atom. The van der Waals surface area contributed by atoms with Crippen molar-refractivity contribution >= 4 is 0 Å². The smallest absolute Gasteiger partial charge is 0.362 e. The van der Waals surface area contributed by atoms with Crippen LogP contribution < -0.4 is 0 Å². The van der Waals surface area contributed by atoms with Gasteiger partial charge in [0.15, 0.2) is 18.2 Å². The number of halogens is 17. The number of morpholine rings is 1. The molecule has 6 unspecified atom stereocenters. The van der Waals surface area contributed by atoms with Gasteiger partial charge in [0.25, 0.3) is 12.1 Å². The Hall–Kier alpha value is -1.31. The lowest BCUT2D eigenvalue weighted by Gasteiger charge is -2.46. The largest absolute Gasteiger partial charge is 0.425 e. The standard InChI is InChI=1S/C16H14F17NO2/c17-9(15(28,29)30)11(18,19)5-1-2-6(35-5)12(20,21)10(16(31,32)33)34-3-7(13(22,23)24)36-8(4-34)14(25,26)27/h5-10H,1-4H2. The molecule has 2 aliphatic rings. The van der Waals surface area contributed by atoms with Gasteiger partial charge < -0.3 is 9.47 Å². The highest BCUT2D eigenvalue weighted by molar-refractivity contribution is 5.03. The molecule has 0 aliphatic carbocycles. The number of nitrogens with zero attached hydrogens (tertiary/aromatic N) is 1. The first-order valence-corrected chi connectivity index (χ1v) is 9.52. The zero-order chi connectivity index (χ0) is 28.3. The fourth-order valence-electron chi connectivity index (χ4n) is 3.79. The van der Waals surface area contributed by atoms with E-state index in [9.17, 15) is 74.6 Å². The van der Waals surface area contributed by atoms with E-state index in [4.69, 9.17) is 0 Å². The first-order valence-electron chi connectivity index (χ1n) is 9.52. The van der Waals surface area contributed by atoms with Gasteiger partial charge >= 0.3 is 30.6 Å². The molecule has 0 saturated carbocycles. The van der Waals surface area contributed by atoms with Crippen LogP contribution in [-0.4, -0.2) is 91.2 Å². The average Bonchev–Trinajstić information content (AvgIpc) is 3.15. The predicted octanol–water partition coefficient (Wildman–Crippen LogP) is 5.83. The molecule has 0 aromatic heterocycles. The second-order valence-electron chi connectivity index (χ2n) is 8.04. The molecule has 2 saturated heterocycles. The first-order chi connectivity index (χ1) is 15.8. The van der Waals surface area contributed by atoms with Gasteiger partial charge in [0.1, 0.15) is 12.2 Å². The van der Waals surface area contributed by atoms with Gasteiger partial charge in [0.2, 0.25) is 0 Å². The minimum absolute atomic E-state index is 0.956. The summed E-state index contributed by atoms with van der Waals surface area (Å²) in [6.07, 6.45) is -46.0. The molecule has 6 atom stereocenters. The summed E-state index contributed by atoms with van der Waals surface area (Å²) in [7, 11) is 0. The van der Waals surface area contributed by atoms with Crippen molar-refractivity contribution in [2.24, 2.45) is 0 Å². The van der Waals surface area contributed by atoms with Crippen molar-refractivity contribution in [2.75, 3.05) is 13.1 Å². The lowest BCUT2D eigenvalue weighted by atomic mass is 9.97. The molecular formula is C16H14F17NO2. The molecule has 0 amide bonds. The molecule has 0 spiro atoms. The fraction of sp³-hybridized carbons (Fsp3) is 1.00. The third-order valence-corrected chi connectivity index (χ3v) is 5.40. The summed E-state index contributed by atoms with van der Waals surface area (Å²) >= 11 is 0. The Balaban J connectivity index is 2.40. The molecule has 2 fully saturated rings. The van der Waals surface area contributed by atoms with Crippen LogP contribution in [-0.2, 0) is 9.47 Å². The maximum Gasteiger partial charge on any atom is 0.425 e. The Morgan fingerprint density at radius 1 is 0.528 bits per heavy atom. The lowest BCUT2D eigenvalue weighted by Crippen LogP contribution is -2.67. The maximum absolute atomic E-state index is 14.9. The summed E-state index contributed by atoms with van der Waals surface area (Å²) in [5.74, 6) is -11.1. The fourth-order valence-corrected chi connectivity index (χ4v) is 3.79. The van der Waals surface area contributed by atoms with Gasteiger partial charge in [-0.2, -0.15) is 52.7 Å². The second-order valence-corrected chi connectivity index (χ2v) is 8.04. The number of alkyl halides is 17. The van der Waals surface area contributed by atoms with E-state index in [0.717, 1.165) is 0 Å². The van der Waals surface area contributed by atoms with Crippen molar-refractivity contribution in [3.63, 3.8) is 0 Å². The molecule has 0 radical (unpaired) electrons. The highest BCUT2D eigenvalue weighted by Crippen LogP contribution is 2.49. The number of rotatable bonds is 5. The summed E-state index contributed by atoms with van der Waals surface area (Å²) in [6.45, 7) is -4.38.